The fourth-order valence-corrected chi connectivity index (χ4v) is 4.77. The first-order valence-electron chi connectivity index (χ1n) is 10.9. The molecule has 1 unspecified atom stereocenters. The molecule has 1 aromatic heterocycles. The standard InChI is InChI=1S/C22H29N5O2/c1-16-7-9-17(10-8-16)13-26-22(29)27-19(21(28)24-11-2-3-12-24)14-25(15-20(27)23-26)18-5-4-6-18/h7-10,18-19H,2-6,11-15H2,1H3. The molecular formula is C22H29N5O2. The average Bonchev–Trinajstić information content (AvgIpc) is 3.30. The predicted molar refractivity (Wildman–Crippen MR) is 110 cm³/mol. The molecule has 154 valence electrons. The number of fused-ring (bicyclic) bond motifs is 1. The van der Waals surface area contributed by atoms with Gasteiger partial charge < -0.3 is 4.90 Å². The lowest BCUT2D eigenvalue weighted by atomic mass is 9.90. The predicted octanol–water partition coefficient (Wildman–Crippen LogP) is 1.93. The fraction of sp³-hybridized carbons (Fsp3) is 0.591. The smallest absolute Gasteiger partial charge is 0.341 e. The third-order valence-corrected chi connectivity index (χ3v) is 6.75. The van der Waals surface area contributed by atoms with E-state index in [1.807, 2.05) is 29.2 Å². The van der Waals surface area contributed by atoms with Gasteiger partial charge >= 0.3 is 5.69 Å². The lowest BCUT2D eigenvalue weighted by Gasteiger charge is -2.42. The summed E-state index contributed by atoms with van der Waals surface area (Å²) in [6.07, 6.45) is 5.72. The van der Waals surface area contributed by atoms with E-state index in [2.05, 4.69) is 16.9 Å². The van der Waals surface area contributed by atoms with Gasteiger partial charge in [0.2, 0.25) is 5.91 Å². The lowest BCUT2D eigenvalue weighted by molar-refractivity contribution is -0.135. The van der Waals surface area contributed by atoms with E-state index >= 15 is 0 Å². The van der Waals surface area contributed by atoms with Gasteiger partial charge in [-0.15, -0.1) is 0 Å². The zero-order valence-corrected chi connectivity index (χ0v) is 17.1. The molecule has 1 saturated carbocycles. The molecule has 7 heteroatoms. The molecule has 1 saturated heterocycles. The van der Waals surface area contributed by atoms with Gasteiger partial charge in [0.1, 0.15) is 11.9 Å². The quantitative estimate of drug-likeness (QED) is 0.794. The van der Waals surface area contributed by atoms with Crippen LogP contribution in [0, 0.1) is 6.92 Å². The highest BCUT2D eigenvalue weighted by Gasteiger charge is 2.40. The maximum atomic E-state index is 13.3. The van der Waals surface area contributed by atoms with E-state index in [1.165, 1.54) is 29.5 Å². The van der Waals surface area contributed by atoms with Crippen molar-refractivity contribution in [1.29, 1.82) is 0 Å². The van der Waals surface area contributed by atoms with Crippen LogP contribution in [0.25, 0.3) is 0 Å². The maximum absolute atomic E-state index is 13.3. The SMILES string of the molecule is Cc1ccc(Cn2nc3n(c2=O)C(C(=O)N2CCCC2)CN(C2CCC2)C3)cc1. The van der Waals surface area contributed by atoms with E-state index in [1.54, 1.807) is 4.57 Å². The van der Waals surface area contributed by atoms with Crippen LogP contribution in [0.1, 0.15) is 55.1 Å². The van der Waals surface area contributed by atoms with Crippen LogP contribution in [0.15, 0.2) is 29.1 Å². The molecule has 2 aliphatic heterocycles. The summed E-state index contributed by atoms with van der Waals surface area (Å²) < 4.78 is 3.22. The van der Waals surface area contributed by atoms with Crippen LogP contribution in [-0.2, 0) is 17.9 Å². The van der Waals surface area contributed by atoms with E-state index in [9.17, 15) is 9.59 Å². The van der Waals surface area contributed by atoms with E-state index in [4.69, 9.17) is 0 Å². The second-order valence-electron chi connectivity index (χ2n) is 8.77. The number of rotatable bonds is 4. The molecule has 3 aliphatic rings. The molecular weight excluding hydrogens is 366 g/mol. The first kappa shape index (κ1) is 18.6. The van der Waals surface area contributed by atoms with Gasteiger partial charge in [-0.05, 0) is 38.2 Å². The molecule has 3 heterocycles. The van der Waals surface area contributed by atoms with Gasteiger partial charge in [-0.25, -0.2) is 9.48 Å². The molecule has 5 rings (SSSR count). The highest BCUT2D eigenvalue weighted by molar-refractivity contribution is 5.81. The van der Waals surface area contributed by atoms with Gasteiger partial charge in [0, 0.05) is 25.7 Å². The summed E-state index contributed by atoms with van der Waals surface area (Å²) in [5, 5.41) is 4.67. The molecule has 1 atom stereocenters. The Morgan fingerprint density at radius 1 is 1.10 bits per heavy atom. The normalized spacial score (nSPS) is 22.5. The highest BCUT2D eigenvalue weighted by Crippen LogP contribution is 2.31. The Hall–Kier alpha value is -2.41. The Balaban J connectivity index is 1.48. The van der Waals surface area contributed by atoms with Crippen LogP contribution >= 0.6 is 0 Å². The third-order valence-electron chi connectivity index (χ3n) is 6.75. The summed E-state index contributed by atoms with van der Waals surface area (Å²) in [7, 11) is 0. The number of hydrogen-bond donors (Lipinski definition) is 0. The van der Waals surface area contributed by atoms with Crippen LogP contribution < -0.4 is 5.69 Å². The zero-order chi connectivity index (χ0) is 20.0. The maximum Gasteiger partial charge on any atom is 0.347 e. The largest absolute Gasteiger partial charge is 0.347 e. The number of aryl methyl sites for hydroxylation is 1. The minimum atomic E-state index is -0.447. The van der Waals surface area contributed by atoms with Crippen molar-refractivity contribution in [2.24, 2.45) is 0 Å². The van der Waals surface area contributed by atoms with Crippen molar-refractivity contribution in [2.75, 3.05) is 19.6 Å². The van der Waals surface area contributed by atoms with Crippen molar-refractivity contribution in [3.63, 3.8) is 0 Å². The topological polar surface area (TPSA) is 63.4 Å². The van der Waals surface area contributed by atoms with Crippen LogP contribution in [-0.4, -0.2) is 55.7 Å². The number of likely N-dealkylation sites (tertiary alicyclic amines) is 1. The number of benzene rings is 1. The number of carbonyl (C=O) groups excluding carboxylic acids is 1. The summed E-state index contributed by atoms with van der Waals surface area (Å²) in [5.41, 5.74) is 2.08. The van der Waals surface area contributed by atoms with Gasteiger partial charge in [-0.3, -0.25) is 14.3 Å². The van der Waals surface area contributed by atoms with Gasteiger partial charge in [-0.1, -0.05) is 36.2 Å². The molecule has 7 nitrogen and oxygen atoms in total. The van der Waals surface area contributed by atoms with Gasteiger partial charge in [0.15, 0.2) is 0 Å². The van der Waals surface area contributed by atoms with E-state index < -0.39 is 6.04 Å². The summed E-state index contributed by atoms with van der Waals surface area (Å²) in [5.74, 6) is 0.822. The second kappa shape index (κ2) is 7.44. The number of aromatic nitrogens is 3. The summed E-state index contributed by atoms with van der Waals surface area (Å²) in [6.45, 7) is 5.39. The number of carbonyl (C=O) groups is 1. The molecule has 0 N–H and O–H groups in total. The summed E-state index contributed by atoms with van der Waals surface area (Å²) >= 11 is 0. The van der Waals surface area contributed by atoms with Gasteiger partial charge in [-0.2, -0.15) is 5.10 Å². The lowest BCUT2D eigenvalue weighted by Crippen LogP contribution is -2.52. The monoisotopic (exact) mass is 395 g/mol. The average molecular weight is 396 g/mol. The van der Waals surface area contributed by atoms with Crippen molar-refractivity contribution in [1.82, 2.24) is 24.1 Å². The van der Waals surface area contributed by atoms with Gasteiger partial charge in [0.25, 0.3) is 0 Å². The molecule has 0 spiro atoms. The van der Waals surface area contributed by atoms with Crippen LogP contribution in [0.2, 0.25) is 0 Å². The van der Waals surface area contributed by atoms with Crippen molar-refractivity contribution >= 4 is 5.91 Å². The van der Waals surface area contributed by atoms with Crippen LogP contribution in [0.4, 0.5) is 0 Å². The molecule has 2 aromatic rings. The minimum absolute atomic E-state index is 0.0877. The molecule has 29 heavy (non-hydrogen) atoms. The summed E-state index contributed by atoms with van der Waals surface area (Å²) in [4.78, 5) is 30.9. The molecule has 0 bridgehead atoms. The zero-order valence-electron chi connectivity index (χ0n) is 17.1. The first-order valence-corrected chi connectivity index (χ1v) is 10.9. The Bertz CT molecular complexity index is 951. The Morgan fingerprint density at radius 3 is 2.48 bits per heavy atom. The van der Waals surface area contributed by atoms with Crippen molar-refractivity contribution in [3.8, 4) is 0 Å². The number of amides is 1. The van der Waals surface area contributed by atoms with Gasteiger partial charge in [0.05, 0.1) is 13.1 Å². The van der Waals surface area contributed by atoms with Crippen molar-refractivity contribution in [2.45, 2.75) is 64.2 Å². The van der Waals surface area contributed by atoms with Crippen LogP contribution in [0.5, 0.6) is 0 Å². The Labute approximate surface area is 170 Å². The molecule has 1 aromatic carbocycles. The van der Waals surface area contributed by atoms with Crippen molar-refractivity contribution < 1.29 is 4.79 Å². The van der Waals surface area contributed by atoms with E-state index in [0.29, 0.717) is 25.7 Å². The molecule has 1 aliphatic carbocycles. The highest BCUT2D eigenvalue weighted by atomic mass is 16.2. The third kappa shape index (κ3) is 3.41. The van der Waals surface area contributed by atoms with E-state index in [-0.39, 0.29) is 11.6 Å². The minimum Gasteiger partial charge on any atom is -0.341 e. The van der Waals surface area contributed by atoms with Crippen molar-refractivity contribution in [3.05, 3.63) is 51.7 Å². The number of nitrogens with zero attached hydrogens (tertiary/aromatic N) is 5. The van der Waals surface area contributed by atoms with Crippen LogP contribution in [0.3, 0.4) is 0 Å². The Morgan fingerprint density at radius 2 is 1.83 bits per heavy atom. The fourth-order valence-electron chi connectivity index (χ4n) is 4.77. The first-order chi connectivity index (χ1) is 14.1. The second-order valence-corrected chi connectivity index (χ2v) is 8.77. The Kier molecular flexibility index (Phi) is 4.78. The van der Waals surface area contributed by atoms with E-state index in [0.717, 1.165) is 37.3 Å². The summed E-state index contributed by atoms with van der Waals surface area (Å²) in [6, 6.07) is 8.25. The molecule has 1 amide bonds. The number of hydrogen-bond acceptors (Lipinski definition) is 4. The molecule has 2 fully saturated rings. The molecule has 0 radical (unpaired) electrons.